The number of pyridine rings is 1. The lowest BCUT2D eigenvalue weighted by molar-refractivity contribution is 0.1000. The van der Waals surface area contributed by atoms with Gasteiger partial charge in [-0.3, -0.25) is 9.78 Å². The summed E-state index contributed by atoms with van der Waals surface area (Å²) in [4.78, 5) is 14.1. The lowest BCUT2D eigenvalue weighted by atomic mass is 10.3. The van der Waals surface area contributed by atoms with Crippen LogP contribution in [0.1, 0.15) is 10.4 Å². The van der Waals surface area contributed by atoms with Gasteiger partial charge in [-0.25, -0.2) is 0 Å². The molecule has 3 nitrogen and oxygen atoms in total. The van der Waals surface area contributed by atoms with Gasteiger partial charge in [-0.2, -0.15) is 11.3 Å². The molecule has 0 radical (unpaired) electrons. The Hall–Kier alpha value is -1.68. The Morgan fingerprint density at radius 2 is 2.00 bits per heavy atom. The second-order valence-electron chi connectivity index (χ2n) is 2.40. The maximum Gasteiger partial charge on any atom is 0.250 e. The standard InChI is InChI=1S/C6H6N2O.C4H4S/c7-6(9)5-2-1-3-8-4-5;1-2-4-5-3-1/h1-4H,(H2,7,9);1-4H. The van der Waals surface area contributed by atoms with Crippen molar-refractivity contribution in [2.24, 2.45) is 5.73 Å². The molecule has 0 spiro atoms. The van der Waals surface area contributed by atoms with E-state index in [9.17, 15) is 4.79 Å². The van der Waals surface area contributed by atoms with E-state index in [0.29, 0.717) is 5.56 Å². The van der Waals surface area contributed by atoms with Crippen LogP contribution in [-0.4, -0.2) is 10.9 Å². The molecule has 0 bridgehead atoms. The predicted molar refractivity (Wildman–Crippen MR) is 57.1 cm³/mol. The fourth-order valence-electron chi connectivity index (χ4n) is 0.735. The lowest BCUT2D eigenvalue weighted by Gasteiger charge is -1.88. The highest BCUT2D eigenvalue weighted by molar-refractivity contribution is 7.07. The Morgan fingerprint density at radius 1 is 1.29 bits per heavy atom. The molecule has 4 heteroatoms. The van der Waals surface area contributed by atoms with Crippen LogP contribution in [-0.2, 0) is 0 Å². The summed E-state index contributed by atoms with van der Waals surface area (Å²) in [5.41, 5.74) is 5.38. The van der Waals surface area contributed by atoms with Crippen LogP contribution in [0.25, 0.3) is 0 Å². The van der Waals surface area contributed by atoms with E-state index < -0.39 is 5.91 Å². The third-order valence-electron chi connectivity index (χ3n) is 1.37. The van der Waals surface area contributed by atoms with Gasteiger partial charge < -0.3 is 5.73 Å². The van der Waals surface area contributed by atoms with E-state index in [1.54, 1.807) is 29.7 Å². The van der Waals surface area contributed by atoms with Crippen LogP contribution in [0.15, 0.2) is 47.4 Å². The zero-order valence-electron chi connectivity index (χ0n) is 7.46. The summed E-state index contributed by atoms with van der Waals surface area (Å²) < 4.78 is 0. The van der Waals surface area contributed by atoms with Crippen LogP contribution in [0.5, 0.6) is 0 Å². The van der Waals surface area contributed by atoms with Gasteiger partial charge in [0.2, 0.25) is 5.91 Å². The molecule has 0 aliphatic rings. The predicted octanol–water partition coefficient (Wildman–Crippen LogP) is 1.93. The minimum atomic E-state index is -0.442. The molecular weight excluding hydrogens is 196 g/mol. The van der Waals surface area contributed by atoms with E-state index in [2.05, 4.69) is 4.98 Å². The first kappa shape index (κ1) is 10.4. The van der Waals surface area contributed by atoms with Crippen molar-refractivity contribution in [2.45, 2.75) is 0 Å². The smallest absolute Gasteiger partial charge is 0.250 e. The van der Waals surface area contributed by atoms with Gasteiger partial charge in [-0.1, -0.05) is 12.1 Å². The molecule has 0 unspecified atom stereocenters. The summed E-state index contributed by atoms with van der Waals surface area (Å²) in [6.07, 6.45) is 3.02. The number of hydrogen-bond donors (Lipinski definition) is 1. The van der Waals surface area contributed by atoms with Crippen molar-refractivity contribution in [3.8, 4) is 0 Å². The Kier molecular flexibility index (Phi) is 4.37. The fraction of sp³-hybridized carbons (Fsp3) is 0. The van der Waals surface area contributed by atoms with Crippen molar-refractivity contribution in [3.63, 3.8) is 0 Å². The summed E-state index contributed by atoms with van der Waals surface area (Å²) in [7, 11) is 0. The summed E-state index contributed by atoms with van der Waals surface area (Å²) in [5, 5.41) is 4.08. The molecule has 0 saturated heterocycles. The lowest BCUT2D eigenvalue weighted by Crippen LogP contribution is -2.10. The van der Waals surface area contributed by atoms with Crippen LogP contribution in [0.4, 0.5) is 0 Å². The molecule has 0 aliphatic heterocycles. The molecule has 0 fully saturated rings. The minimum Gasteiger partial charge on any atom is -0.366 e. The molecule has 2 rings (SSSR count). The van der Waals surface area contributed by atoms with E-state index in [1.165, 1.54) is 6.20 Å². The van der Waals surface area contributed by atoms with Gasteiger partial charge in [0.05, 0.1) is 5.56 Å². The number of carbonyl (C=O) groups is 1. The quantitative estimate of drug-likeness (QED) is 0.775. The molecular formula is C10H10N2OS. The summed E-state index contributed by atoms with van der Waals surface area (Å²) in [5.74, 6) is -0.442. The second kappa shape index (κ2) is 5.88. The normalized spacial score (nSPS) is 8.57. The number of rotatable bonds is 1. The minimum absolute atomic E-state index is 0.442. The molecule has 72 valence electrons. The molecule has 0 aromatic carbocycles. The number of nitrogens with two attached hydrogens (primary N) is 1. The number of hydrogen-bond acceptors (Lipinski definition) is 3. The molecule has 0 atom stereocenters. The van der Waals surface area contributed by atoms with Crippen molar-refractivity contribution in [1.29, 1.82) is 0 Å². The Labute approximate surface area is 86.2 Å². The van der Waals surface area contributed by atoms with Gasteiger partial charge in [-0.05, 0) is 22.9 Å². The van der Waals surface area contributed by atoms with Crippen LogP contribution in [0.3, 0.4) is 0 Å². The molecule has 2 aromatic heterocycles. The largest absolute Gasteiger partial charge is 0.366 e. The van der Waals surface area contributed by atoms with E-state index >= 15 is 0 Å². The third-order valence-corrected chi connectivity index (χ3v) is 2.00. The van der Waals surface area contributed by atoms with Crippen molar-refractivity contribution in [1.82, 2.24) is 4.98 Å². The van der Waals surface area contributed by atoms with Crippen LogP contribution >= 0.6 is 11.3 Å². The van der Waals surface area contributed by atoms with Gasteiger partial charge in [0.15, 0.2) is 0 Å². The molecule has 2 N–H and O–H groups in total. The van der Waals surface area contributed by atoms with Crippen LogP contribution in [0, 0.1) is 0 Å². The van der Waals surface area contributed by atoms with Crippen LogP contribution in [0.2, 0.25) is 0 Å². The fourth-order valence-corrected chi connectivity index (χ4v) is 1.19. The number of aromatic nitrogens is 1. The number of carbonyl (C=O) groups excluding carboxylic acids is 1. The monoisotopic (exact) mass is 206 g/mol. The SMILES string of the molecule is NC(=O)c1cccnc1.c1ccsc1. The highest BCUT2D eigenvalue weighted by Crippen LogP contribution is 1.92. The second-order valence-corrected chi connectivity index (χ2v) is 3.22. The van der Waals surface area contributed by atoms with Crippen molar-refractivity contribution >= 4 is 17.2 Å². The first-order valence-corrected chi connectivity index (χ1v) is 4.92. The zero-order valence-corrected chi connectivity index (χ0v) is 8.28. The van der Waals surface area contributed by atoms with Crippen molar-refractivity contribution in [2.75, 3.05) is 0 Å². The number of amides is 1. The highest BCUT2D eigenvalue weighted by atomic mass is 32.1. The Balaban J connectivity index is 0.000000165. The van der Waals surface area contributed by atoms with Gasteiger partial charge in [0.25, 0.3) is 0 Å². The number of thiophene rings is 1. The van der Waals surface area contributed by atoms with Crippen molar-refractivity contribution < 1.29 is 4.79 Å². The summed E-state index contributed by atoms with van der Waals surface area (Å²) in [6, 6.07) is 7.32. The van der Waals surface area contributed by atoms with E-state index in [-0.39, 0.29) is 0 Å². The Morgan fingerprint density at radius 3 is 2.29 bits per heavy atom. The first-order valence-electron chi connectivity index (χ1n) is 3.97. The van der Waals surface area contributed by atoms with E-state index in [4.69, 9.17) is 5.73 Å². The summed E-state index contributed by atoms with van der Waals surface area (Å²) >= 11 is 1.71. The maximum atomic E-state index is 10.4. The summed E-state index contributed by atoms with van der Waals surface area (Å²) in [6.45, 7) is 0. The zero-order chi connectivity index (χ0) is 10.2. The van der Waals surface area contributed by atoms with Crippen LogP contribution < -0.4 is 5.73 Å². The van der Waals surface area contributed by atoms with Gasteiger partial charge in [0, 0.05) is 12.4 Å². The molecule has 0 aliphatic carbocycles. The highest BCUT2D eigenvalue weighted by Gasteiger charge is 1.94. The topological polar surface area (TPSA) is 56.0 Å². The van der Waals surface area contributed by atoms with Gasteiger partial charge in [-0.15, -0.1) is 0 Å². The van der Waals surface area contributed by atoms with Gasteiger partial charge in [0.1, 0.15) is 0 Å². The third kappa shape index (κ3) is 3.82. The average molecular weight is 206 g/mol. The Bertz CT molecular complexity index is 342. The first-order chi connectivity index (χ1) is 6.80. The number of primary amides is 1. The van der Waals surface area contributed by atoms with Gasteiger partial charge >= 0.3 is 0 Å². The molecule has 0 saturated carbocycles. The number of nitrogens with zero attached hydrogens (tertiary/aromatic N) is 1. The molecule has 14 heavy (non-hydrogen) atoms. The molecule has 1 amide bonds. The average Bonchev–Trinajstić information content (AvgIpc) is 2.77. The van der Waals surface area contributed by atoms with Crippen molar-refractivity contribution in [3.05, 3.63) is 53.0 Å². The van der Waals surface area contributed by atoms with E-state index in [1.807, 2.05) is 22.9 Å². The molecule has 2 heterocycles. The maximum absolute atomic E-state index is 10.4. The van der Waals surface area contributed by atoms with E-state index in [0.717, 1.165) is 0 Å². The molecule has 2 aromatic rings.